The van der Waals surface area contributed by atoms with E-state index in [0.717, 1.165) is 5.92 Å². The van der Waals surface area contributed by atoms with Crippen molar-refractivity contribution in [1.29, 1.82) is 5.26 Å². The molecule has 0 amide bonds. The summed E-state index contributed by atoms with van der Waals surface area (Å²) in [6.07, 6.45) is 14.4. The third-order valence-corrected chi connectivity index (χ3v) is 4.14. The number of nitriles is 1. The lowest BCUT2D eigenvalue weighted by molar-refractivity contribution is 0.311. The van der Waals surface area contributed by atoms with Crippen LogP contribution >= 0.6 is 0 Å². The van der Waals surface area contributed by atoms with Gasteiger partial charge in [-0.05, 0) is 38.3 Å². The summed E-state index contributed by atoms with van der Waals surface area (Å²) in [4.78, 5) is 2.70. The molecule has 0 spiro atoms. The Morgan fingerprint density at radius 1 is 0.947 bits per heavy atom. The van der Waals surface area contributed by atoms with Crippen LogP contribution in [0.1, 0.15) is 78.1 Å². The van der Waals surface area contributed by atoms with Crippen molar-refractivity contribution in [2.24, 2.45) is 5.92 Å². The molecule has 2 heteroatoms. The lowest BCUT2D eigenvalue weighted by atomic mass is 10.0. The maximum atomic E-state index is 6.50. The molecule has 1 fully saturated rings. The van der Waals surface area contributed by atoms with Gasteiger partial charge in [0.25, 0.3) is 0 Å². The summed E-state index contributed by atoms with van der Waals surface area (Å²) >= 11 is 0. The van der Waals surface area contributed by atoms with Crippen molar-refractivity contribution in [1.82, 2.24) is 4.90 Å². The van der Waals surface area contributed by atoms with Gasteiger partial charge < -0.3 is 4.90 Å². The Balaban J connectivity index is 0.00000154. The molecule has 1 aliphatic rings. The Kier molecular flexibility index (Phi) is 13.5. The van der Waals surface area contributed by atoms with Crippen molar-refractivity contribution < 1.29 is 0 Å². The Bertz CT molecular complexity index is 201. The number of hydrogen-bond donors (Lipinski definition) is 0. The van der Waals surface area contributed by atoms with Crippen LogP contribution in [0.5, 0.6) is 0 Å². The maximum Gasteiger partial charge on any atom is 0.0462 e. The van der Waals surface area contributed by atoms with Crippen LogP contribution in [0.15, 0.2) is 0 Å². The van der Waals surface area contributed by atoms with E-state index >= 15 is 0 Å². The van der Waals surface area contributed by atoms with E-state index in [0.29, 0.717) is 0 Å². The zero-order valence-electron chi connectivity index (χ0n) is 13.2. The summed E-state index contributed by atoms with van der Waals surface area (Å²) in [6.45, 7) is 12.2. The standard InChI is InChI=1S/C16H33N.CHN/c1-3-5-6-7-8-9-10-13-17-14-12-16(15-17)11-4-2;1-2/h16H,3-15H2,1-2H3;1H. The van der Waals surface area contributed by atoms with Crippen molar-refractivity contribution in [2.75, 3.05) is 19.6 Å². The summed E-state index contributed by atoms with van der Waals surface area (Å²) < 4.78 is 0. The van der Waals surface area contributed by atoms with Crippen LogP contribution in [0.4, 0.5) is 0 Å². The Hall–Kier alpha value is -0.550. The molecule has 0 radical (unpaired) electrons. The first-order valence-corrected chi connectivity index (χ1v) is 8.35. The molecular weight excluding hydrogens is 232 g/mol. The van der Waals surface area contributed by atoms with Gasteiger partial charge >= 0.3 is 0 Å². The fourth-order valence-electron chi connectivity index (χ4n) is 3.05. The second-order valence-corrected chi connectivity index (χ2v) is 5.87. The average Bonchev–Trinajstić information content (AvgIpc) is 2.88. The molecule has 1 saturated heterocycles. The molecule has 0 saturated carbocycles. The molecule has 1 rings (SSSR count). The van der Waals surface area contributed by atoms with Gasteiger partial charge in [0.1, 0.15) is 0 Å². The van der Waals surface area contributed by atoms with Crippen molar-refractivity contribution in [3.05, 3.63) is 0 Å². The molecule has 112 valence electrons. The van der Waals surface area contributed by atoms with Crippen molar-refractivity contribution >= 4 is 0 Å². The summed E-state index contributed by atoms with van der Waals surface area (Å²) in [5.41, 5.74) is 0. The SMILES string of the molecule is C#N.CCCCCCCCCN1CCC(CCC)C1. The largest absolute Gasteiger partial charge is 0.303 e. The quantitative estimate of drug-likeness (QED) is 0.520. The number of hydrogen-bond acceptors (Lipinski definition) is 2. The smallest absolute Gasteiger partial charge is 0.0462 e. The fourth-order valence-corrected chi connectivity index (χ4v) is 3.05. The third-order valence-electron chi connectivity index (χ3n) is 4.14. The summed E-state index contributed by atoms with van der Waals surface area (Å²) in [6, 6.07) is 0. The number of nitrogens with zero attached hydrogens (tertiary/aromatic N) is 2. The molecule has 0 aromatic heterocycles. The van der Waals surface area contributed by atoms with E-state index in [1.807, 2.05) is 0 Å². The first-order valence-electron chi connectivity index (χ1n) is 8.35. The zero-order chi connectivity index (χ0) is 14.3. The normalized spacial score (nSPS) is 19.1. The highest BCUT2D eigenvalue weighted by atomic mass is 15.1. The van der Waals surface area contributed by atoms with E-state index in [9.17, 15) is 0 Å². The Morgan fingerprint density at radius 2 is 1.58 bits per heavy atom. The molecule has 1 heterocycles. The molecule has 2 nitrogen and oxygen atoms in total. The highest BCUT2D eigenvalue weighted by Crippen LogP contribution is 2.21. The van der Waals surface area contributed by atoms with Crippen LogP contribution in [0, 0.1) is 17.8 Å². The van der Waals surface area contributed by atoms with Crippen molar-refractivity contribution in [2.45, 2.75) is 78.1 Å². The van der Waals surface area contributed by atoms with Crippen LogP contribution < -0.4 is 0 Å². The molecule has 0 aromatic rings. The maximum absolute atomic E-state index is 6.50. The van der Waals surface area contributed by atoms with E-state index in [1.165, 1.54) is 83.8 Å². The Morgan fingerprint density at radius 3 is 2.21 bits per heavy atom. The van der Waals surface area contributed by atoms with Gasteiger partial charge in [0.05, 0.1) is 0 Å². The van der Waals surface area contributed by atoms with Gasteiger partial charge in [-0.3, -0.25) is 0 Å². The second-order valence-electron chi connectivity index (χ2n) is 5.87. The molecule has 19 heavy (non-hydrogen) atoms. The van der Waals surface area contributed by atoms with Crippen LogP contribution in [0.25, 0.3) is 0 Å². The number of rotatable bonds is 10. The van der Waals surface area contributed by atoms with E-state index < -0.39 is 0 Å². The minimum absolute atomic E-state index is 1.02. The molecule has 0 aliphatic carbocycles. The van der Waals surface area contributed by atoms with Gasteiger partial charge in [-0.1, -0.05) is 58.8 Å². The molecule has 0 bridgehead atoms. The first kappa shape index (κ1) is 18.4. The van der Waals surface area contributed by atoms with Crippen LogP contribution in [-0.4, -0.2) is 24.5 Å². The monoisotopic (exact) mass is 266 g/mol. The predicted molar refractivity (Wildman–Crippen MR) is 84.1 cm³/mol. The lowest BCUT2D eigenvalue weighted by Gasteiger charge is -2.15. The van der Waals surface area contributed by atoms with Crippen LogP contribution in [0.2, 0.25) is 0 Å². The van der Waals surface area contributed by atoms with Gasteiger partial charge in [0.15, 0.2) is 0 Å². The molecule has 1 atom stereocenters. The molecular formula is C17H34N2. The summed E-state index contributed by atoms with van der Waals surface area (Å²) in [5, 5.41) is 6.50. The van der Waals surface area contributed by atoms with Crippen LogP contribution in [0.3, 0.4) is 0 Å². The van der Waals surface area contributed by atoms with E-state index in [2.05, 4.69) is 25.3 Å². The molecule has 0 aromatic carbocycles. The first-order chi connectivity index (χ1) is 9.36. The third kappa shape index (κ3) is 9.96. The molecule has 0 N–H and O–H groups in total. The van der Waals surface area contributed by atoms with Crippen LogP contribution in [-0.2, 0) is 0 Å². The molecule has 1 aliphatic heterocycles. The fraction of sp³-hybridized carbons (Fsp3) is 0.941. The zero-order valence-corrected chi connectivity index (χ0v) is 13.2. The highest BCUT2D eigenvalue weighted by molar-refractivity contribution is 4.74. The topological polar surface area (TPSA) is 27.0 Å². The predicted octanol–water partition coefficient (Wildman–Crippen LogP) is 5.00. The highest BCUT2D eigenvalue weighted by Gasteiger charge is 2.20. The number of likely N-dealkylation sites (tertiary alicyclic amines) is 1. The average molecular weight is 266 g/mol. The minimum atomic E-state index is 1.02. The molecule has 1 unspecified atom stereocenters. The van der Waals surface area contributed by atoms with Gasteiger partial charge in [0, 0.05) is 13.1 Å². The lowest BCUT2D eigenvalue weighted by Crippen LogP contribution is -2.21. The number of unbranched alkanes of at least 4 members (excludes halogenated alkanes) is 6. The van der Waals surface area contributed by atoms with Gasteiger partial charge in [-0.25, -0.2) is 5.26 Å². The van der Waals surface area contributed by atoms with Gasteiger partial charge in [-0.2, -0.15) is 0 Å². The van der Waals surface area contributed by atoms with Gasteiger partial charge in [0.2, 0.25) is 0 Å². The van der Waals surface area contributed by atoms with Crippen molar-refractivity contribution in [3.8, 4) is 6.57 Å². The van der Waals surface area contributed by atoms with E-state index in [1.54, 1.807) is 0 Å². The Labute approximate surface area is 121 Å². The summed E-state index contributed by atoms with van der Waals surface area (Å²) in [5.74, 6) is 1.02. The second kappa shape index (κ2) is 13.9. The minimum Gasteiger partial charge on any atom is -0.303 e. The van der Waals surface area contributed by atoms with Gasteiger partial charge in [-0.15, -0.1) is 0 Å². The van der Waals surface area contributed by atoms with Crippen molar-refractivity contribution in [3.63, 3.8) is 0 Å². The summed E-state index contributed by atoms with van der Waals surface area (Å²) in [7, 11) is 0. The van der Waals surface area contributed by atoms with E-state index in [4.69, 9.17) is 5.26 Å². The van der Waals surface area contributed by atoms with E-state index in [-0.39, 0.29) is 0 Å².